The highest BCUT2D eigenvalue weighted by atomic mass is 19.1. The molecule has 2 aromatic carbocycles. The molecular weight excluding hydrogens is 317 g/mol. The highest BCUT2D eigenvalue weighted by Gasteiger charge is 2.28. The first kappa shape index (κ1) is 17.2. The van der Waals surface area contributed by atoms with Crippen molar-refractivity contribution < 1.29 is 13.9 Å². The maximum atomic E-state index is 13.5. The van der Waals surface area contributed by atoms with Crippen molar-refractivity contribution in [3.8, 4) is 11.8 Å². The Balaban J connectivity index is 1.55. The molecular formula is C21H20FNO2. The van der Waals surface area contributed by atoms with Gasteiger partial charge in [0.1, 0.15) is 5.82 Å². The standard InChI is InChI=1S/C21H20FNO2/c1-25-19-12-16(13-19)14-23-21(24)18-10-7-15(8-11-18)6-9-17-4-2-3-5-20(17)22/h2-5,7-8,10-11,16,19H,12-14H2,1H3,(H,23,24). The predicted molar refractivity (Wildman–Crippen MR) is 94.7 cm³/mol. The third-order valence-corrected chi connectivity index (χ3v) is 4.44. The topological polar surface area (TPSA) is 38.3 Å². The average Bonchev–Trinajstić information content (AvgIpc) is 2.60. The lowest BCUT2D eigenvalue weighted by molar-refractivity contribution is 0.00179. The van der Waals surface area contributed by atoms with Gasteiger partial charge in [-0.2, -0.15) is 0 Å². The summed E-state index contributed by atoms with van der Waals surface area (Å²) in [5.74, 6) is 5.79. The Labute approximate surface area is 147 Å². The van der Waals surface area contributed by atoms with Crippen LogP contribution in [0.3, 0.4) is 0 Å². The Bertz CT molecular complexity index is 799. The van der Waals surface area contributed by atoms with E-state index >= 15 is 0 Å². The highest BCUT2D eigenvalue weighted by molar-refractivity contribution is 5.94. The fraction of sp³-hybridized carbons (Fsp3) is 0.286. The zero-order valence-electron chi connectivity index (χ0n) is 14.1. The van der Waals surface area contributed by atoms with E-state index in [0.29, 0.717) is 29.7 Å². The van der Waals surface area contributed by atoms with Crippen molar-refractivity contribution in [2.75, 3.05) is 13.7 Å². The van der Waals surface area contributed by atoms with Gasteiger partial charge in [0.05, 0.1) is 11.7 Å². The second kappa shape index (κ2) is 7.96. The summed E-state index contributed by atoms with van der Waals surface area (Å²) in [5.41, 5.74) is 1.69. The number of carbonyl (C=O) groups excluding carboxylic acids is 1. The monoisotopic (exact) mass is 337 g/mol. The molecule has 0 unspecified atom stereocenters. The van der Waals surface area contributed by atoms with Crippen LogP contribution in [-0.2, 0) is 4.74 Å². The third kappa shape index (κ3) is 4.46. The van der Waals surface area contributed by atoms with Gasteiger partial charge >= 0.3 is 0 Å². The van der Waals surface area contributed by atoms with Gasteiger partial charge in [-0.25, -0.2) is 4.39 Å². The molecule has 1 amide bonds. The fourth-order valence-corrected chi connectivity index (χ4v) is 2.78. The number of rotatable bonds is 4. The normalized spacial score (nSPS) is 18.6. The SMILES string of the molecule is COC1CC(CNC(=O)c2ccc(C#Cc3ccccc3F)cc2)C1. The van der Waals surface area contributed by atoms with E-state index in [2.05, 4.69) is 17.2 Å². The molecule has 25 heavy (non-hydrogen) atoms. The average molecular weight is 337 g/mol. The number of benzene rings is 2. The molecule has 128 valence electrons. The number of hydrogen-bond acceptors (Lipinski definition) is 2. The van der Waals surface area contributed by atoms with Crippen molar-refractivity contribution >= 4 is 5.91 Å². The van der Waals surface area contributed by atoms with Gasteiger partial charge in [0.25, 0.3) is 5.91 Å². The van der Waals surface area contributed by atoms with Gasteiger partial charge in [-0.05, 0) is 55.2 Å². The molecule has 1 saturated carbocycles. The van der Waals surface area contributed by atoms with Crippen LogP contribution in [0, 0.1) is 23.6 Å². The van der Waals surface area contributed by atoms with Crippen LogP contribution in [-0.4, -0.2) is 25.7 Å². The zero-order valence-corrected chi connectivity index (χ0v) is 14.1. The van der Waals surface area contributed by atoms with E-state index in [9.17, 15) is 9.18 Å². The van der Waals surface area contributed by atoms with Gasteiger partial charge in [-0.15, -0.1) is 0 Å². The summed E-state index contributed by atoms with van der Waals surface area (Å²) in [6.45, 7) is 0.674. The smallest absolute Gasteiger partial charge is 0.251 e. The molecule has 1 fully saturated rings. The molecule has 4 heteroatoms. The first-order valence-corrected chi connectivity index (χ1v) is 8.33. The van der Waals surface area contributed by atoms with Crippen LogP contribution < -0.4 is 5.32 Å². The number of halogens is 1. The van der Waals surface area contributed by atoms with Crippen LogP contribution in [0.4, 0.5) is 4.39 Å². The number of nitrogens with one attached hydrogen (secondary N) is 1. The van der Waals surface area contributed by atoms with Gasteiger partial charge in [-0.3, -0.25) is 4.79 Å². The first-order valence-electron chi connectivity index (χ1n) is 8.33. The van der Waals surface area contributed by atoms with Crippen LogP contribution >= 0.6 is 0 Å². The van der Waals surface area contributed by atoms with Crippen LogP contribution in [0.2, 0.25) is 0 Å². The Morgan fingerprint density at radius 1 is 1.16 bits per heavy atom. The Morgan fingerprint density at radius 3 is 2.56 bits per heavy atom. The molecule has 0 aromatic heterocycles. The fourth-order valence-electron chi connectivity index (χ4n) is 2.78. The van der Waals surface area contributed by atoms with E-state index in [4.69, 9.17) is 4.74 Å². The van der Waals surface area contributed by atoms with Crippen molar-refractivity contribution in [3.05, 3.63) is 71.0 Å². The van der Waals surface area contributed by atoms with E-state index < -0.39 is 0 Å². The minimum Gasteiger partial charge on any atom is -0.381 e. The summed E-state index contributed by atoms with van der Waals surface area (Å²) in [6.07, 6.45) is 2.34. The predicted octanol–water partition coefficient (Wildman–Crippen LogP) is 3.38. The minimum absolute atomic E-state index is 0.0884. The molecule has 3 rings (SSSR count). The lowest BCUT2D eigenvalue weighted by atomic mass is 9.82. The van der Waals surface area contributed by atoms with Gasteiger partial charge in [0.2, 0.25) is 0 Å². The van der Waals surface area contributed by atoms with Crippen molar-refractivity contribution in [3.63, 3.8) is 0 Å². The highest BCUT2D eigenvalue weighted by Crippen LogP contribution is 2.28. The van der Waals surface area contributed by atoms with Gasteiger partial charge in [0, 0.05) is 24.8 Å². The lowest BCUT2D eigenvalue weighted by Crippen LogP contribution is -2.39. The molecule has 1 aliphatic rings. The number of carbonyl (C=O) groups is 1. The minimum atomic E-state index is -0.335. The summed E-state index contributed by atoms with van der Waals surface area (Å²) in [4.78, 5) is 12.1. The molecule has 1 N–H and O–H groups in total. The maximum Gasteiger partial charge on any atom is 0.251 e. The third-order valence-electron chi connectivity index (χ3n) is 4.44. The molecule has 0 saturated heterocycles. The van der Waals surface area contributed by atoms with Crippen molar-refractivity contribution in [2.45, 2.75) is 18.9 Å². The number of amides is 1. The summed E-state index contributed by atoms with van der Waals surface area (Å²) < 4.78 is 18.8. The summed E-state index contributed by atoms with van der Waals surface area (Å²) >= 11 is 0. The number of ether oxygens (including phenoxy) is 1. The second-order valence-corrected chi connectivity index (χ2v) is 6.21. The van der Waals surface area contributed by atoms with E-state index in [0.717, 1.165) is 18.4 Å². The second-order valence-electron chi connectivity index (χ2n) is 6.21. The molecule has 1 aliphatic carbocycles. The lowest BCUT2D eigenvalue weighted by Gasteiger charge is -2.34. The Morgan fingerprint density at radius 2 is 1.88 bits per heavy atom. The van der Waals surface area contributed by atoms with Crippen LogP contribution in [0.25, 0.3) is 0 Å². The number of methoxy groups -OCH3 is 1. The maximum absolute atomic E-state index is 13.5. The van der Waals surface area contributed by atoms with Crippen LogP contribution in [0.1, 0.15) is 34.3 Å². The molecule has 0 atom stereocenters. The summed E-state index contributed by atoms with van der Waals surface area (Å²) in [7, 11) is 1.72. The van der Waals surface area contributed by atoms with E-state index in [1.54, 1.807) is 49.6 Å². The largest absolute Gasteiger partial charge is 0.381 e. The molecule has 0 aliphatic heterocycles. The zero-order chi connectivity index (χ0) is 17.6. The van der Waals surface area contributed by atoms with Gasteiger partial charge in [-0.1, -0.05) is 24.0 Å². The first-order chi connectivity index (χ1) is 12.2. The number of hydrogen-bond donors (Lipinski definition) is 1. The molecule has 0 radical (unpaired) electrons. The summed E-state index contributed by atoms with van der Waals surface area (Å²) in [6, 6.07) is 13.4. The van der Waals surface area contributed by atoms with Crippen LogP contribution in [0.5, 0.6) is 0 Å². The van der Waals surface area contributed by atoms with E-state index in [1.165, 1.54) is 6.07 Å². The van der Waals surface area contributed by atoms with E-state index in [-0.39, 0.29) is 11.7 Å². The van der Waals surface area contributed by atoms with Crippen molar-refractivity contribution in [1.29, 1.82) is 0 Å². The van der Waals surface area contributed by atoms with Crippen molar-refractivity contribution in [1.82, 2.24) is 5.32 Å². The van der Waals surface area contributed by atoms with Gasteiger partial charge in [0.15, 0.2) is 0 Å². The molecule has 2 aromatic rings. The van der Waals surface area contributed by atoms with Crippen LogP contribution in [0.15, 0.2) is 48.5 Å². The van der Waals surface area contributed by atoms with E-state index in [1.807, 2.05) is 0 Å². The molecule has 0 bridgehead atoms. The van der Waals surface area contributed by atoms with Crippen molar-refractivity contribution in [2.24, 2.45) is 5.92 Å². The molecule has 3 nitrogen and oxygen atoms in total. The summed E-state index contributed by atoms with van der Waals surface area (Å²) in [5, 5.41) is 2.95. The Kier molecular flexibility index (Phi) is 5.47. The molecule has 0 spiro atoms. The molecule has 0 heterocycles. The quantitative estimate of drug-likeness (QED) is 0.869. The van der Waals surface area contributed by atoms with Gasteiger partial charge < -0.3 is 10.1 Å². The Hall–Kier alpha value is -2.64.